The zero-order chi connectivity index (χ0) is 16.3. The highest BCUT2D eigenvalue weighted by atomic mass is 16.6. The Morgan fingerprint density at radius 1 is 1.27 bits per heavy atom. The Kier molecular flexibility index (Phi) is 5.49. The summed E-state index contributed by atoms with van der Waals surface area (Å²) in [6.45, 7) is 0.825. The van der Waals surface area contributed by atoms with Gasteiger partial charge >= 0.3 is 0 Å². The van der Waals surface area contributed by atoms with Gasteiger partial charge in [0.25, 0.3) is 0 Å². The fourth-order valence-electron chi connectivity index (χ4n) is 2.61. The molecule has 0 radical (unpaired) electrons. The highest BCUT2D eigenvalue weighted by molar-refractivity contribution is 5.73. The van der Waals surface area contributed by atoms with Crippen molar-refractivity contribution in [2.75, 3.05) is 6.61 Å². The SMILES string of the molecule is CC(=O)N(Cc1ccccc1)[C@@H]1[C@@H](O)[C@@H](O)[C@@H](CO)O[C@@H]1[O-]. The first-order valence-corrected chi connectivity index (χ1v) is 7.05. The van der Waals surface area contributed by atoms with E-state index in [0.717, 1.165) is 5.56 Å². The van der Waals surface area contributed by atoms with Crippen molar-refractivity contribution in [1.29, 1.82) is 0 Å². The number of benzene rings is 1. The zero-order valence-electron chi connectivity index (χ0n) is 12.2. The van der Waals surface area contributed by atoms with Crippen LogP contribution in [0.25, 0.3) is 0 Å². The molecule has 1 saturated heterocycles. The molecule has 1 aliphatic rings. The summed E-state index contributed by atoms with van der Waals surface area (Å²) in [4.78, 5) is 13.1. The molecule has 22 heavy (non-hydrogen) atoms. The number of carbonyl (C=O) groups is 1. The monoisotopic (exact) mass is 310 g/mol. The maximum atomic E-state index is 12.1. The molecule has 0 aliphatic carbocycles. The number of hydrogen-bond donors (Lipinski definition) is 3. The van der Waals surface area contributed by atoms with Crippen molar-refractivity contribution in [2.45, 2.75) is 44.1 Å². The largest absolute Gasteiger partial charge is 0.829 e. The molecule has 0 unspecified atom stereocenters. The van der Waals surface area contributed by atoms with E-state index in [1.165, 1.54) is 11.8 Å². The van der Waals surface area contributed by atoms with Gasteiger partial charge in [0.15, 0.2) is 0 Å². The van der Waals surface area contributed by atoms with E-state index in [9.17, 15) is 20.1 Å². The number of rotatable bonds is 4. The quantitative estimate of drug-likeness (QED) is 0.605. The number of ether oxygens (including phenoxy) is 1. The Hall–Kier alpha value is -1.51. The van der Waals surface area contributed by atoms with E-state index < -0.39 is 43.2 Å². The summed E-state index contributed by atoms with van der Waals surface area (Å²) >= 11 is 0. The van der Waals surface area contributed by atoms with Crippen LogP contribution >= 0.6 is 0 Å². The Labute approximate surface area is 128 Å². The lowest BCUT2D eigenvalue weighted by molar-refractivity contribution is -0.525. The zero-order valence-corrected chi connectivity index (χ0v) is 12.2. The lowest BCUT2D eigenvalue weighted by Gasteiger charge is -2.50. The van der Waals surface area contributed by atoms with E-state index in [0.29, 0.717) is 0 Å². The van der Waals surface area contributed by atoms with Gasteiger partial charge < -0.3 is 30.1 Å². The van der Waals surface area contributed by atoms with Crippen LogP contribution in [0.3, 0.4) is 0 Å². The Morgan fingerprint density at radius 2 is 1.91 bits per heavy atom. The van der Waals surface area contributed by atoms with Gasteiger partial charge in [-0.15, -0.1) is 0 Å². The van der Waals surface area contributed by atoms with E-state index in [1.54, 1.807) is 24.3 Å². The predicted molar refractivity (Wildman–Crippen MR) is 74.2 cm³/mol. The summed E-state index contributed by atoms with van der Waals surface area (Å²) in [5, 5.41) is 41.3. The minimum Gasteiger partial charge on any atom is -0.829 e. The van der Waals surface area contributed by atoms with Crippen molar-refractivity contribution < 1.29 is 30.0 Å². The molecule has 122 valence electrons. The minimum absolute atomic E-state index is 0.122. The maximum absolute atomic E-state index is 12.1. The van der Waals surface area contributed by atoms with Crippen LogP contribution in [-0.4, -0.2) is 63.4 Å². The first-order valence-electron chi connectivity index (χ1n) is 7.05. The molecule has 1 amide bonds. The molecule has 5 atom stereocenters. The van der Waals surface area contributed by atoms with Crippen LogP contribution in [0.1, 0.15) is 12.5 Å². The molecular formula is C15H20NO6-. The second-order valence-corrected chi connectivity index (χ2v) is 5.33. The normalized spacial score (nSPS) is 31.8. The van der Waals surface area contributed by atoms with Crippen LogP contribution in [0.15, 0.2) is 30.3 Å². The molecule has 7 nitrogen and oxygen atoms in total. The minimum atomic E-state index is -1.75. The molecule has 0 saturated carbocycles. The summed E-state index contributed by atoms with van der Waals surface area (Å²) in [5.41, 5.74) is 0.788. The average molecular weight is 310 g/mol. The molecule has 0 aromatic heterocycles. The van der Waals surface area contributed by atoms with Crippen molar-refractivity contribution >= 4 is 5.91 Å². The molecule has 0 spiro atoms. The summed E-state index contributed by atoms with van der Waals surface area (Å²) in [5.74, 6) is -0.410. The molecule has 1 aliphatic heterocycles. The number of aliphatic hydroxyl groups excluding tert-OH is 3. The Morgan fingerprint density at radius 3 is 2.45 bits per heavy atom. The third kappa shape index (κ3) is 3.45. The van der Waals surface area contributed by atoms with Gasteiger partial charge in [0.05, 0.1) is 12.6 Å². The average Bonchev–Trinajstić information content (AvgIpc) is 2.50. The molecule has 1 heterocycles. The molecular weight excluding hydrogens is 290 g/mol. The molecule has 1 aromatic carbocycles. The Balaban J connectivity index is 2.22. The van der Waals surface area contributed by atoms with Gasteiger partial charge in [0, 0.05) is 19.8 Å². The number of aliphatic hydroxyl groups is 3. The van der Waals surface area contributed by atoms with E-state index >= 15 is 0 Å². The summed E-state index contributed by atoms with van der Waals surface area (Å²) in [7, 11) is 0. The van der Waals surface area contributed by atoms with Crippen LogP contribution in [0.4, 0.5) is 0 Å². The summed E-state index contributed by atoms with van der Waals surface area (Å²) in [6, 6.07) is 7.78. The summed E-state index contributed by atoms with van der Waals surface area (Å²) in [6.07, 6.45) is -5.82. The lowest BCUT2D eigenvalue weighted by Crippen LogP contribution is -2.68. The van der Waals surface area contributed by atoms with E-state index in [4.69, 9.17) is 9.84 Å². The third-order valence-corrected chi connectivity index (χ3v) is 3.81. The van der Waals surface area contributed by atoms with Gasteiger partial charge in [-0.2, -0.15) is 0 Å². The van der Waals surface area contributed by atoms with Crippen LogP contribution in [0.5, 0.6) is 0 Å². The fraction of sp³-hybridized carbons (Fsp3) is 0.533. The van der Waals surface area contributed by atoms with Crippen molar-refractivity contribution in [1.82, 2.24) is 4.90 Å². The molecule has 0 bridgehead atoms. The second-order valence-electron chi connectivity index (χ2n) is 5.33. The van der Waals surface area contributed by atoms with Crippen LogP contribution < -0.4 is 5.11 Å². The van der Waals surface area contributed by atoms with E-state index in [1.807, 2.05) is 6.07 Å². The van der Waals surface area contributed by atoms with Gasteiger partial charge in [-0.3, -0.25) is 4.79 Å². The van der Waals surface area contributed by atoms with Crippen molar-refractivity contribution in [3.8, 4) is 0 Å². The Bertz CT molecular complexity index is 496. The number of nitrogens with zero attached hydrogens (tertiary/aromatic N) is 1. The second kappa shape index (κ2) is 7.17. The molecule has 1 aromatic rings. The van der Waals surface area contributed by atoms with Crippen molar-refractivity contribution in [3.05, 3.63) is 35.9 Å². The topological polar surface area (TPSA) is 113 Å². The molecule has 1 fully saturated rings. The number of amides is 1. The first-order chi connectivity index (χ1) is 10.5. The van der Waals surface area contributed by atoms with Crippen LogP contribution in [0, 0.1) is 0 Å². The van der Waals surface area contributed by atoms with Crippen LogP contribution in [0.2, 0.25) is 0 Å². The maximum Gasteiger partial charge on any atom is 0.220 e. The summed E-state index contributed by atoms with van der Waals surface area (Å²) < 4.78 is 4.99. The van der Waals surface area contributed by atoms with E-state index in [2.05, 4.69) is 0 Å². The smallest absolute Gasteiger partial charge is 0.220 e. The molecule has 3 N–H and O–H groups in total. The number of hydrogen-bond acceptors (Lipinski definition) is 6. The standard InChI is InChI=1S/C15H20NO6/c1-9(18)16(7-10-5-3-2-4-6-10)12-14(20)13(19)11(8-17)22-15(12)21/h2-6,11-15,17,19-20H,7-8H2,1H3/q-1/t11-,12-,13+,14-,15+/m1/s1. The van der Waals surface area contributed by atoms with E-state index in [-0.39, 0.29) is 6.54 Å². The molecule has 7 heteroatoms. The van der Waals surface area contributed by atoms with Gasteiger partial charge in [0.1, 0.15) is 18.3 Å². The highest BCUT2D eigenvalue weighted by Gasteiger charge is 2.43. The van der Waals surface area contributed by atoms with Gasteiger partial charge in [-0.05, 0) is 5.56 Å². The predicted octanol–water partition coefficient (Wildman–Crippen LogP) is -1.80. The first kappa shape index (κ1) is 16.9. The van der Waals surface area contributed by atoms with Gasteiger partial charge in [-0.1, -0.05) is 30.3 Å². The highest BCUT2D eigenvalue weighted by Crippen LogP contribution is 2.24. The van der Waals surface area contributed by atoms with Crippen molar-refractivity contribution in [3.63, 3.8) is 0 Å². The van der Waals surface area contributed by atoms with Crippen molar-refractivity contribution in [2.24, 2.45) is 0 Å². The van der Waals surface area contributed by atoms with Crippen LogP contribution in [-0.2, 0) is 16.1 Å². The third-order valence-electron chi connectivity index (χ3n) is 3.81. The van der Waals surface area contributed by atoms with Gasteiger partial charge in [0.2, 0.25) is 5.91 Å². The molecule has 2 rings (SSSR count). The lowest BCUT2D eigenvalue weighted by atomic mass is 9.95. The number of carbonyl (C=O) groups excluding carboxylic acids is 1. The van der Waals surface area contributed by atoms with Gasteiger partial charge in [-0.25, -0.2) is 0 Å². The fourth-order valence-corrected chi connectivity index (χ4v) is 2.61.